The van der Waals surface area contributed by atoms with Gasteiger partial charge in [-0.25, -0.2) is 0 Å². The van der Waals surface area contributed by atoms with E-state index in [4.69, 9.17) is 0 Å². The third kappa shape index (κ3) is 2.27. The summed E-state index contributed by atoms with van der Waals surface area (Å²) in [4.78, 5) is 0. The summed E-state index contributed by atoms with van der Waals surface area (Å²) in [6, 6.07) is 7.41. The molecule has 2 saturated carbocycles. The van der Waals surface area contributed by atoms with E-state index in [2.05, 4.69) is 39.4 Å². The summed E-state index contributed by atoms with van der Waals surface area (Å²) in [5.41, 5.74) is 3.09. The van der Waals surface area contributed by atoms with Crippen molar-refractivity contribution in [3.8, 4) is 0 Å². The number of aryl methyl sites for hydroxylation is 1. The van der Waals surface area contributed by atoms with Gasteiger partial charge in [0.1, 0.15) is 0 Å². The molecule has 4 rings (SSSR count). The van der Waals surface area contributed by atoms with E-state index in [-0.39, 0.29) is 0 Å². The quantitative estimate of drug-likeness (QED) is 0.867. The topological polar surface area (TPSA) is 12.0 Å². The van der Waals surface area contributed by atoms with Gasteiger partial charge in [0.2, 0.25) is 0 Å². The van der Waals surface area contributed by atoms with Crippen LogP contribution in [0.5, 0.6) is 0 Å². The molecule has 102 valence electrons. The Morgan fingerprint density at radius 2 is 2.11 bits per heavy atom. The van der Waals surface area contributed by atoms with E-state index in [1.165, 1.54) is 49.5 Å². The first-order valence-corrected chi connectivity index (χ1v) is 8.60. The van der Waals surface area contributed by atoms with Gasteiger partial charge in [-0.05, 0) is 79.7 Å². The molecule has 1 nitrogen and oxygen atoms in total. The molecule has 2 fully saturated rings. The van der Waals surface area contributed by atoms with Gasteiger partial charge in [-0.1, -0.05) is 28.4 Å². The van der Waals surface area contributed by atoms with Crippen LogP contribution >= 0.6 is 15.9 Å². The summed E-state index contributed by atoms with van der Waals surface area (Å²) in [6.07, 6.45) is 8.57. The summed E-state index contributed by atoms with van der Waals surface area (Å²) in [5.74, 6) is 3.09. The van der Waals surface area contributed by atoms with Crippen molar-refractivity contribution in [3.63, 3.8) is 0 Å². The molecule has 1 N–H and O–H groups in total. The van der Waals surface area contributed by atoms with Crippen molar-refractivity contribution in [2.24, 2.45) is 17.8 Å². The van der Waals surface area contributed by atoms with Crippen molar-refractivity contribution in [1.82, 2.24) is 5.32 Å². The van der Waals surface area contributed by atoms with Crippen LogP contribution in [0.15, 0.2) is 22.7 Å². The fraction of sp³-hybridized carbons (Fsp3) is 0.647. The minimum Gasteiger partial charge on any atom is -0.310 e. The molecule has 0 aromatic heterocycles. The molecule has 0 saturated heterocycles. The molecule has 0 heterocycles. The van der Waals surface area contributed by atoms with Gasteiger partial charge in [0.25, 0.3) is 0 Å². The van der Waals surface area contributed by atoms with Gasteiger partial charge < -0.3 is 5.32 Å². The second-order valence-electron chi connectivity index (χ2n) is 6.78. The van der Waals surface area contributed by atoms with Crippen LogP contribution in [0.3, 0.4) is 0 Å². The summed E-state index contributed by atoms with van der Waals surface area (Å²) < 4.78 is 1.22. The zero-order chi connectivity index (χ0) is 12.8. The number of benzene rings is 1. The standard InChI is InChI=1S/C17H22BrN/c18-15-4-5-16-13(9-15)3-6-17(16)19-10-14-8-11-1-2-12(14)7-11/h4-5,9,11-12,14,17,19H,1-3,6-8,10H2. The predicted molar refractivity (Wildman–Crippen MR) is 82.1 cm³/mol. The molecule has 2 bridgehead atoms. The van der Waals surface area contributed by atoms with Crippen LogP contribution in [0.1, 0.15) is 49.3 Å². The molecule has 4 atom stereocenters. The molecular weight excluding hydrogens is 298 g/mol. The fourth-order valence-electron chi connectivity index (χ4n) is 4.72. The van der Waals surface area contributed by atoms with Gasteiger partial charge in [0.05, 0.1) is 0 Å². The highest BCUT2D eigenvalue weighted by atomic mass is 79.9. The third-order valence-corrected chi connectivity index (χ3v) is 6.19. The molecule has 19 heavy (non-hydrogen) atoms. The molecule has 4 unspecified atom stereocenters. The third-order valence-electron chi connectivity index (χ3n) is 5.69. The van der Waals surface area contributed by atoms with E-state index in [1.807, 2.05) is 0 Å². The maximum Gasteiger partial charge on any atom is 0.0326 e. The van der Waals surface area contributed by atoms with Crippen molar-refractivity contribution in [2.45, 2.75) is 44.6 Å². The molecule has 0 radical (unpaired) electrons. The predicted octanol–water partition coefficient (Wildman–Crippen LogP) is 4.46. The Balaban J connectivity index is 1.40. The second kappa shape index (κ2) is 4.89. The first kappa shape index (κ1) is 12.4. The van der Waals surface area contributed by atoms with Crippen molar-refractivity contribution in [2.75, 3.05) is 6.54 Å². The van der Waals surface area contributed by atoms with Gasteiger partial charge in [0.15, 0.2) is 0 Å². The molecule has 0 aliphatic heterocycles. The van der Waals surface area contributed by atoms with Crippen molar-refractivity contribution < 1.29 is 0 Å². The maximum atomic E-state index is 3.87. The first-order valence-electron chi connectivity index (χ1n) is 7.81. The maximum absolute atomic E-state index is 3.87. The number of fused-ring (bicyclic) bond motifs is 3. The molecule has 2 heteroatoms. The fourth-order valence-corrected chi connectivity index (χ4v) is 5.13. The lowest BCUT2D eigenvalue weighted by Gasteiger charge is -2.24. The molecule has 0 amide bonds. The highest BCUT2D eigenvalue weighted by Crippen LogP contribution is 2.48. The van der Waals surface area contributed by atoms with E-state index >= 15 is 0 Å². The molecule has 0 spiro atoms. The number of rotatable bonds is 3. The number of hydrogen-bond acceptors (Lipinski definition) is 1. The second-order valence-corrected chi connectivity index (χ2v) is 7.69. The lowest BCUT2D eigenvalue weighted by Crippen LogP contribution is -2.29. The van der Waals surface area contributed by atoms with E-state index < -0.39 is 0 Å². The summed E-state index contributed by atoms with van der Waals surface area (Å²) in [7, 11) is 0. The molecule has 1 aromatic carbocycles. The Morgan fingerprint density at radius 3 is 2.89 bits per heavy atom. The van der Waals surface area contributed by atoms with Crippen LogP contribution in [-0.4, -0.2) is 6.54 Å². The average Bonchev–Trinajstić information content (AvgIpc) is 3.10. The minimum atomic E-state index is 0.613. The van der Waals surface area contributed by atoms with Gasteiger partial charge in [-0.3, -0.25) is 0 Å². The van der Waals surface area contributed by atoms with Crippen molar-refractivity contribution in [3.05, 3.63) is 33.8 Å². The lowest BCUT2D eigenvalue weighted by atomic mass is 9.88. The molecular formula is C17H22BrN. The Kier molecular flexibility index (Phi) is 3.19. The van der Waals surface area contributed by atoms with E-state index in [9.17, 15) is 0 Å². The average molecular weight is 320 g/mol. The van der Waals surface area contributed by atoms with E-state index in [0.29, 0.717) is 6.04 Å². The monoisotopic (exact) mass is 319 g/mol. The van der Waals surface area contributed by atoms with Gasteiger partial charge in [-0.2, -0.15) is 0 Å². The SMILES string of the molecule is Brc1ccc2c(c1)CCC2NCC1CC2CCC1C2. The molecule has 3 aliphatic rings. The highest BCUT2D eigenvalue weighted by Gasteiger charge is 2.39. The summed E-state index contributed by atoms with van der Waals surface area (Å²) >= 11 is 3.58. The lowest BCUT2D eigenvalue weighted by molar-refractivity contribution is 0.306. The van der Waals surface area contributed by atoms with Gasteiger partial charge >= 0.3 is 0 Å². The molecule has 3 aliphatic carbocycles. The van der Waals surface area contributed by atoms with Gasteiger partial charge in [0, 0.05) is 10.5 Å². The molecule has 1 aromatic rings. The Bertz CT molecular complexity index is 484. The normalized spacial score (nSPS) is 35.8. The largest absolute Gasteiger partial charge is 0.310 e. The van der Waals surface area contributed by atoms with Crippen LogP contribution in [0, 0.1) is 17.8 Å². The van der Waals surface area contributed by atoms with Crippen LogP contribution in [0.2, 0.25) is 0 Å². The van der Waals surface area contributed by atoms with E-state index in [0.717, 1.165) is 17.8 Å². The zero-order valence-corrected chi connectivity index (χ0v) is 13.0. The zero-order valence-electron chi connectivity index (χ0n) is 11.4. The Morgan fingerprint density at radius 1 is 1.16 bits per heavy atom. The van der Waals surface area contributed by atoms with Crippen LogP contribution < -0.4 is 5.32 Å². The summed E-state index contributed by atoms with van der Waals surface area (Å²) in [6.45, 7) is 1.25. The van der Waals surface area contributed by atoms with Crippen LogP contribution in [-0.2, 0) is 6.42 Å². The smallest absolute Gasteiger partial charge is 0.0326 e. The summed E-state index contributed by atoms with van der Waals surface area (Å²) in [5, 5.41) is 3.87. The van der Waals surface area contributed by atoms with Crippen LogP contribution in [0.25, 0.3) is 0 Å². The Hall–Kier alpha value is -0.340. The first-order chi connectivity index (χ1) is 9.29. The van der Waals surface area contributed by atoms with Crippen molar-refractivity contribution >= 4 is 15.9 Å². The number of nitrogens with one attached hydrogen (secondary N) is 1. The van der Waals surface area contributed by atoms with Crippen molar-refractivity contribution in [1.29, 1.82) is 0 Å². The highest BCUT2D eigenvalue weighted by molar-refractivity contribution is 9.10. The van der Waals surface area contributed by atoms with Crippen LogP contribution in [0.4, 0.5) is 0 Å². The van der Waals surface area contributed by atoms with E-state index in [1.54, 1.807) is 11.1 Å². The number of hydrogen-bond donors (Lipinski definition) is 1. The Labute approximate surface area is 124 Å². The minimum absolute atomic E-state index is 0.613. The number of halogens is 1. The van der Waals surface area contributed by atoms with Gasteiger partial charge in [-0.15, -0.1) is 0 Å².